The molecular formula is C17H25NO. The minimum Gasteiger partial charge on any atom is -0.490 e. The highest BCUT2D eigenvalue weighted by Crippen LogP contribution is 2.38. The first-order chi connectivity index (χ1) is 9.38. The van der Waals surface area contributed by atoms with Crippen molar-refractivity contribution in [2.24, 2.45) is 0 Å². The van der Waals surface area contributed by atoms with Crippen LogP contribution in [0.2, 0.25) is 0 Å². The van der Waals surface area contributed by atoms with Gasteiger partial charge in [-0.2, -0.15) is 0 Å². The van der Waals surface area contributed by atoms with E-state index in [0.29, 0.717) is 12.1 Å². The fourth-order valence-corrected chi connectivity index (χ4v) is 3.55. The summed E-state index contributed by atoms with van der Waals surface area (Å²) in [6.45, 7) is 3.22. The summed E-state index contributed by atoms with van der Waals surface area (Å²) in [6.07, 6.45) is 9.36. The lowest BCUT2D eigenvalue weighted by Gasteiger charge is -2.24. The van der Waals surface area contributed by atoms with Crippen LogP contribution in [0.4, 0.5) is 0 Å². The molecule has 2 aliphatic rings. The summed E-state index contributed by atoms with van der Waals surface area (Å²) >= 11 is 0. The average molecular weight is 259 g/mol. The Morgan fingerprint density at radius 2 is 2.00 bits per heavy atom. The number of fused-ring (bicyclic) bond motifs is 1. The minimum absolute atomic E-state index is 0.457. The van der Waals surface area contributed by atoms with Gasteiger partial charge in [0, 0.05) is 6.04 Å². The van der Waals surface area contributed by atoms with Crippen LogP contribution >= 0.6 is 0 Å². The molecule has 1 unspecified atom stereocenters. The summed E-state index contributed by atoms with van der Waals surface area (Å²) in [4.78, 5) is 0. The fourth-order valence-electron chi connectivity index (χ4n) is 3.55. The van der Waals surface area contributed by atoms with E-state index in [1.807, 2.05) is 0 Å². The van der Waals surface area contributed by atoms with Gasteiger partial charge in [0.2, 0.25) is 0 Å². The molecule has 0 bridgehead atoms. The van der Waals surface area contributed by atoms with Gasteiger partial charge in [-0.05, 0) is 62.3 Å². The van der Waals surface area contributed by atoms with E-state index >= 15 is 0 Å². The maximum absolute atomic E-state index is 6.30. The Balaban J connectivity index is 1.75. The summed E-state index contributed by atoms with van der Waals surface area (Å²) in [5.41, 5.74) is 2.93. The smallest absolute Gasteiger partial charge is 0.123 e. The molecule has 2 heteroatoms. The Morgan fingerprint density at radius 3 is 2.79 bits per heavy atom. The molecule has 0 saturated heterocycles. The van der Waals surface area contributed by atoms with Gasteiger partial charge in [-0.15, -0.1) is 0 Å². The lowest BCUT2D eigenvalue weighted by molar-refractivity contribution is 0.153. The van der Waals surface area contributed by atoms with Crippen molar-refractivity contribution in [3.63, 3.8) is 0 Å². The SMILES string of the molecule is CCNC1CCc2c(OC3CCCCC3)cccc21. The van der Waals surface area contributed by atoms with Crippen LogP contribution in [0, 0.1) is 0 Å². The molecule has 0 amide bonds. The molecule has 19 heavy (non-hydrogen) atoms. The van der Waals surface area contributed by atoms with Crippen molar-refractivity contribution >= 4 is 0 Å². The van der Waals surface area contributed by atoms with Crippen molar-refractivity contribution in [1.29, 1.82) is 0 Å². The Hall–Kier alpha value is -1.02. The topological polar surface area (TPSA) is 21.3 Å². The second-order valence-corrected chi connectivity index (χ2v) is 5.85. The van der Waals surface area contributed by atoms with Crippen LogP contribution in [-0.4, -0.2) is 12.6 Å². The van der Waals surface area contributed by atoms with Crippen LogP contribution in [0.15, 0.2) is 18.2 Å². The molecule has 0 aromatic heterocycles. The lowest BCUT2D eigenvalue weighted by Crippen LogP contribution is -2.20. The Kier molecular flexibility index (Phi) is 4.07. The van der Waals surface area contributed by atoms with Gasteiger partial charge < -0.3 is 10.1 Å². The van der Waals surface area contributed by atoms with Crippen molar-refractivity contribution in [2.75, 3.05) is 6.54 Å². The number of ether oxygens (including phenoxy) is 1. The molecule has 0 radical (unpaired) electrons. The molecule has 1 aromatic carbocycles. The molecule has 1 fully saturated rings. The van der Waals surface area contributed by atoms with Gasteiger partial charge in [0.15, 0.2) is 0 Å². The quantitative estimate of drug-likeness (QED) is 0.882. The standard InChI is InChI=1S/C17H25NO/c1-2-18-16-12-11-15-14(16)9-6-10-17(15)19-13-7-4-3-5-8-13/h6,9-10,13,16,18H,2-5,7-8,11-12H2,1H3. The predicted molar refractivity (Wildman–Crippen MR) is 78.7 cm³/mol. The van der Waals surface area contributed by atoms with E-state index in [-0.39, 0.29) is 0 Å². The van der Waals surface area contributed by atoms with Crippen LogP contribution in [0.25, 0.3) is 0 Å². The number of hydrogen-bond acceptors (Lipinski definition) is 2. The molecule has 2 nitrogen and oxygen atoms in total. The van der Waals surface area contributed by atoms with Crippen molar-refractivity contribution < 1.29 is 4.74 Å². The largest absolute Gasteiger partial charge is 0.490 e. The van der Waals surface area contributed by atoms with Gasteiger partial charge >= 0.3 is 0 Å². The van der Waals surface area contributed by atoms with Crippen molar-refractivity contribution in [1.82, 2.24) is 5.32 Å². The fraction of sp³-hybridized carbons (Fsp3) is 0.647. The molecule has 1 aromatic rings. The Labute approximate surface area is 116 Å². The first-order valence-corrected chi connectivity index (χ1v) is 7.90. The molecule has 0 spiro atoms. The third kappa shape index (κ3) is 2.79. The number of rotatable bonds is 4. The second-order valence-electron chi connectivity index (χ2n) is 5.85. The van der Waals surface area contributed by atoms with Gasteiger partial charge in [-0.25, -0.2) is 0 Å². The summed E-state index contributed by atoms with van der Waals surface area (Å²) in [6, 6.07) is 7.13. The van der Waals surface area contributed by atoms with Crippen molar-refractivity contribution in [2.45, 2.75) is 64.0 Å². The molecule has 3 rings (SSSR count). The lowest BCUT2D eigenvalue weighted by atomic mass is 9.97. The molecule has 1 saturated carbocycles. The molecule has 1 atom stereocenters. The second kappa shape index (κ2) is 5.96. The zero-order valence-electron chi connectivity index (χ0n) is 12.0. The van der Waals surface area contributed by atoms with Crippen LogP contribution < -0.4 is 10.1 Å². The number of benzene rings is 1. The van der Waals surface area contributed by atoms with Crippen LogP contribution in [0.5, 0.6) is 5.75 Å². The van der Waals surface area contributed by atoms with Crippen LogP contribution in [0.3, 0.4) is 0 Å². The summed E-state index contributed by atoms with van der Waals surface area (Å²) in [5.74, 6) is 1.16. The van der Waals surface area contributed by atoms with Crippen LogP contribution in [-0.2, 0) is 6.42 Å². The Bertz CT molecular complexity index is 423. The van der Waals surface area contributed by atoms with Gasteiger partial charge in [-0.1, -0.05) is 25.5 Å². The zero-order valence-corrected chi connectivity index (χ0v) is 12.0. The highest BCUT2D eigenvalue weighted by atomic mass is 16.5. The third-order valence-electron chi connectivity index (χ3n) is 4.52. The highest BCUT2D eigenvalue weighted by molar-refractivity contribution is 5.45. The molecule has 0 aliphatic heterocycles. The molecular weight excluding hydrogens is 234 g/mol. The summed E-state index contributed by atoms with van der Waals surface area (Å²) in [5, 5.41) is 3.58. The summed E-state index contributed by atoms with van der Waals surface area (Å²) < 4.78 is 6.30. The normalized spacial score (nSPS) is 23.3. The number of nitrogens with one attached hydrogen (secondary N) is 1. The maximum atomic E-state index is 6.30. The monoisotopic (exact) mass is 259 g/mol. The van der Waals surface area contributed by atoms with E-state index in [4.69, 9.17) is 4.74 Å². The first kappa shape index (κ1) is 13.0. The van der Waals surface area contributed by atoms with E-state index in [0.717, 1.165) is 18.7 Å². The predicted octanol–water partition coefficient (Wildman–Crippen LogP) is 3.99. The van der Waals surface area contributed by atoms with Gasteiger partial charge in [-0.3, -0.25) is 0 Å². The third-order valence-corrected chi connectivity index (χ3v) is 4.52. The van der Waals surface area contributed by atoms with Crippen molar-refractivity contribution in [3.8, 4) is 5.75 Å². The van der Waals surface area contributed by atoms with Gasteiger partial charge in [0.05, 0.1) is 6.10 Å². The number of hydrogen-bond donors (Lipinski definition) is 1. The Morgan fingerprint density at radius 1 is 1.16 bits per heavy atom. The molecule has 2 aliphatic carbocycles. The van der Waals surface area contributed by atoms with E-state index in [2.05, 4.69) is 30.4 Å². The first-order valence-electron chi connectivity index (χ1n) is 7.90. The van der Waals surface area contributed by atoms with E-state index in [1.165, 1.54) is 49.7 Å². The maximum Gasteiger partial charge on any atom is 0.123 e. The van der Waals surface area contributed by atoms with Gasteiger partial charge in [0.1, 0.15) is 5.75 Å². The average Bonchev–Trinajstić information content (AvgIpc) is 2.85. The minimum atomic E-state index is 0.457. The zero-order chi connectivity index (χ0) is 13.1. The molecule has 0 heterocycles. The van der Waals surface area contributed by atoms with E-state index in [9.17, 15) is 0 Å². The molecule has 1 N–H and O–H groups in total. The van der Waals surface area contributed by atoms with Crippen molar-refractivity contribution in [3.05, 3.63) is 29.3 Å². The van der Waals surface area contributed by atoms with Gasteiger partial charge in [0.25, 0.3) is 0 Å². The summed E-state index contributed by atoms with van der Waals surface area (Å²) in [7, 11) is 0. The highest BCUT2D eigenvalue weighted by Gasteiger charge is 2.25. The van der Waals surface area contributed by atoms with E-state index in [1.54, 1.807) is 0 Å². The van der Waals surface area contributed by atoms with E-state index < -0.39 is 0 Å². The van der Waals surface area contributed by atoms with Crippen LogP contribution in [0.1, 0.15) is 62.6 Å². The molecule has 104 valence electrons.